The Labute approximate surface area is 102 Å². The van der Waals surface area contributed by atoms with Crippen LogP contribution in [-0.4, -0.2) is 35.7 Å². The highest BCUT2D eigenvalue weighted by atomic mass is 16.5. The minimum absolute atomic E-state index is 0.0112. The number of ether oxygens (including phenoxy) is 1. The second-order valence-electron chi connectivity index (χ2n) is 4.51. The molecule has 0 saturated carbocycles. The molecule has 6 nitrogen and oxygen atoms in total. The van der Waals surface area contributed by atoms with E-state index in [1.807, 2.05) is 20.8 Å². The quantitative estimate of drug-likeness (QED) is 0.277. The fourth-order valence-corrected chi connectivity index (χ4v) is 1.34. The molecule has 100 valence electrons. The number of nitrogens with zero attached hydrogens (tertiary/aromatic N) is 1. The largest absolute Gasteiger partial charge is 0.409 e. The summed E-state index contributed by atoms with van der Waals surface area (Å²) in [5.74, 6) is -0.261. The Morgan fingerprint density at radius 2 is 2.12 bits per heavy atom. The predicted molar refractivity (Wildman–Crippen MR) is 65.9 cm³/mol. The van der Waals surface area contributed by atoms with Crippen LogP contribution in [0.5, 0.6) is 0 Å². The topological polar surface area (TPSA) is 96.9 Å². The van der Waals surface area contributed by atoms with Crippen molar-refractivity contribution in [2.45, 2.75) is 45.8 Å². The van der Waals surface area contributed by atoms with Crippen LogP contribution in [-0.2, 0) is 9.53 Å². The molecule has 2 atom stereocenters. The Morgan fingerprint density at radius 1 is 1.59 bits per heavy atom. The molecule has 0 spiro atoms. The average Bonchev–Trinajstić information content (AvgIpc) is 2.33. The minimum atomic E-state index is -0.900. The molecule has 0 fully saturated rings. The molecule has 0 saturated heterocycles. The Morgan fingerprint density at radius 3 is 2.41 bits per heavy atom. The van der Waals surface area contributed by atoms with Gasteiger partial charge in [0.15, 0.2) is 5.84 Å². The summed E-state index contributed by atoms with van der Waals surface area (Å²) in [7, 11) is 1.48. The summed E-state index contributed by atoms with van der Waals surface area (Å²) in [6.45, 7) is 7.31. The fraction of sp³-hybridized carbons (Fsp3) is 0.818. The fourth-order valence-electron chi connectivity index (χ4n) is 1.34. The molecule has 0 aromatic heterocycles. The number of nitrogens with two attached hydrogens (primary N) is 1. The predicted octanol–water partition coefficient (Wildman–Crippen LogP) is 0.689. The number of nitrogens with one attached hydrogen (secondary N) is 1. The zero-order valence-electron chi connectivity index (χ0n) is 11.2. The van der Waals surface area contributed by atoms with Crippen LogP contribution >= 0.6 is 0 Å². The molecule has 0 aliphatic carbocycles. The SMILES string of the molecule is CCC(C)(OC)C(=O)NC(C(N)=NO)C(C)C. The van der Waals surface area contributed by atoms with Gasteiger partial charge in [0.2, 0.25) is 0 Å². The van der Waals surface area contributed by atoms with Gasteiger partial charge >= 0.3 is 0 Å². The highest BCUT2D eigenvalue weighted by Crippen LogP contribution is 2.15. The summed E-state index contributed by atoms with van der Waals surface area (Å²) >= 11 is 0. The van der Waals surface area contributed by atoms with Crippen LogP contribution in [0, 0.1) is 5.92 Å². The summed E-state index contributed by atoms with van der Waals surface area (Å²) in [5.41, 5.74) is 4.64. The van der Waals surface area contributed by atoms with Crippen LogP contribution in [0.2, 0.25) is 0 Å². The van der Waals surface area contributed by atoms with E-state index in [1.165, 1.54) is 7.11 Å². The van der Waals surface area contributed by atoms with Crippen LogP contribution in [0.3, 0.4) is 0 Å². The van der Waals surface area contributed by atoms with Gasteiger partial charge in [-0.3, -0.25) is 4.79 Å². The Bertz CT molecular complexity index is 286. The lowest BCUT2D eigenvalue weighted by Crippen LogP contribution is -2.55. The van der Waals surface area contributed by atoms with Crippen LogP contribution < -0.4 is 11.1 Å². The number of amidine groups is 1. The van der Waals surface area contributed by atoms with Gasteiger partial charge in [0, 0.05) is 7.11 Å². The van der Waals surface area contributed by atoms with E-state index in [9.17, 15) is 4.79 Å². The molecule has 0 rings (SSSR count). The Hall–Kier alpha value is -1.30. The maximum Gasteiger partial charge on any atom is 0.252 e. The molecule has 0 bridgehead atoms. The van der Waals surface area contributed by atoms with E-state index in [-0.39, 0.29) is 17.7 Å². The lowest BCUT2D eigenvalue weighted by atomic mass is 9.98. The van der Waals surface area contributed by atoms with Crippen LogP contribution in [0.4, 0.5) is 0 Å². The molecule has 6 heteroatoms. The van der Waals surface area contributed by atoms with Crippen molar-refractivity contribution in [3.05, 3.63) is 0 Å². The van der Waals surface area contributed by atoms with Crippen molar-refractivity contribution in [1.29, 1.82) is 0 Å². The third-order valence-electron chi connectivity index (χ3n) is 2.99. The van der Waals surface area contributed by atoms with E-state index >= 15 is 0 Å². The summed E-state index contributed by atoms with van der Waals surface area (Å²) in [6.07, 6.45) is 0.538. The number of hydrogen-bond donors (Lipinski definition) is 3. The van der Waals surface area contributed by atoms with Crippen LogP contribution in [0.1, 0.15) is 34.1 Å². The van der Waals surface area contributed by atoms with Crippen LogP contribution in [0.15, 0.2) is 5.16 Å². The van der Waals surface area contributed by atoms with Crippen molar-refractivity contribution >= 4 is 11.7 Å². The van der Waals surface area contributed by atoms with Crippen molar-refractivity contribution in [3.8, 4) is 0 Å². The molecule has 0 aromatic carbocycles. The van der Waals surface area contributed by atoms with Crippen molar-refractivity contribution in [3.63, 3.8) is 0 Å². The first-order chi connectivity index (χ1) is 7.82. The average molecular weight is 245 g/mol. The van der Waals surface area contributed by atoms with E-state index in [1.54, 1.807) is 6.92 Å². The third kappa shape index (κ3) is 3.89. The lowest BCUT2D eigenvalue weighted by Gasteiger charge is -2.29. The number of methoxy groups -OCH3 is 1. The molecule has 0 heterocycles. The smallest absolute Gasteiger partial charge is 0.252 e. The summed E-state index contributed by atoms with van der Waals surface area (Å²) < 4.78 is 5.19. The van der Waals surface area contributed by atoms with E-state index in [2.05, 4.69) is 10.5 Å². The third-order valence-corrected chi connectivity index (χ3v) is 2.99. The number of amides is 1. The number of oxime groups is 1. The van der Waals surface area contributed by atoms with Gasteiger partial charge in [-0.2, -0.15) is 0 Å². The maximum atomic E-state index is 12.0. The summed E-state index contributed by atoms with van der Waals surface area (Å²) in [5, 5.41) is 14.3. The molecular weight excluding hydrogens is 222 g/mol. The van der Waals surface area contributed by atoms with Crippen molar-refractivity contribution < 1.29 is 14.7 Å². The van der Waals surface area contributed by atoms with Crippen molar-refractivity contribution in [1.82, 2.24) is 5.32 Å². The van der Waals surface area contributed by atoms with Gasteiger partial charge in [0.25, 0.3) is 5.91 Å². The highest BCUT2D eigenvalue weighted by molar-refractivity contribution is 5.92. The molecule has 0 aliphatic rings. The normalized spacial score (nSPS) is 17.6. The van der Waals surface area contributed by atoms with Crippen molar-refractivity contribution in [2.24, 2.45) is 16.8 Å². The molecular formula is C11H23N3O3. The van der Waals surface area contributed by atoms with E-state index < -0.39 is 11.6 Å². The zero-order valence-corrected chi connectivity index (χ0v) is 11.2. The Kier molecular flexibility index (Phi) is 5.95. The molecule has 2 unspecified atom stereocenters. The van der Waals surface area contributed by atoms with Gasteiger partial charge in [-0.25, -0.2) is 0 Å². The van der Waals surface area contributed by atoms with E-state index in [4.69, 9.17) is 15.7 Å². The van der Waals surface area contributed by atoms with Gasteiger partial charge in [0.05, 0.1) is 6.04 Å². The van der Waals surface area contributed by atoms with Crippen molar-refractivity contribution in [2.75, 3.05) is 7.11 Å². The first-order valence-electron chi connectivity index (χ1n) is 5.65. The maximum absolute atomic E-state index is 12.0. The standard InChI is InChI=1S/C11H23N3O3/c1-6-11(4,17-5)10(15)13-8(7(2)3)9(12)14-16/h7-8,16H,6H2,1-5H3,(H2,12,14)(H,13,15). The van der Waals surface area contributed by atoms with Gasteiger partial charge in [-0.15, -0.1) is 0 Å². The number of hydrogen-bond acceptors (Lipinski definition) is 4. The molecule has 0 radical (unpaired) electrons. The molecule has 0 aliphatic heterocycles. The monoisotopic (exact) mass is 245 g/mol. The summed E-state index contributed by atoms with van der Waals surface area (Å²) in [4.78, 5) is 12.0. The minimum Gasteiger partial charge on any atom is -0.409 e. The van der Waals surface area contributed by atoms with Crippen LogP contribution in [0.25, 0.3) is 0 Å². The second-order valence-corrected chi connectivity index (χ2v) is 4.51. The second kappa shape index (κ2) is 6.44. The first kappa shape index (κ1) is 15.7. The number of rotatable bonds is 6. The Balaban J connectivity index is 4.85. The first-order valence-corrected chi connectivity index (χ1v) is 5.65. The zero-order chi connectivity index (χ0) is 13.6. The van der Waals surface area contributed by atoms with E-state index in [0.29, 0.717) is 6.42 Å². The molecule has 1 amide bonds. The van der Waals surface area contributed by atoms with Gasteiger partial charge < -0.3 is 21.0 Å². The summed E-state index contributed by atoms with van der Waals surface area (Å²) in [6, 6.07) is -0.506. The highest BCUT2D eigenvalue weighted by Gasteiger charge is 2.34. The van der Waals surface area contributed by atoms with Gasteiger partial charge in [-0.1, -0.05) is 25.9 Å². The molecule has 0 aromatic rings. The lowest BCUT2D eigenvalue weighted by molar-refractivity contribution is -0.142. The van der Waals surface area contributed by atoms with Gasteiger partial charge in [-0.05, 0) is 19.3 Å². The molecule has 4 N–H and O–H groups in total. The van der Waals surface area contributed by atoms with E-state index in [0.717, 1.165) is 0 Å². The van der Waals surface area contributed by atoms with Gasteiger partial charge in [0.1, 0.15) is 5.60 Å². The molecule has 17 heavy (non-hydrogen) atoms. The number of carbonyl (C=O) groups is 1. The number of carbonyl (C=O) groups excluding carboxylic acids is 1.